The van der Waals surface area contributed by atoms with Crippen LogP contribution in [0.3, 0.4) is 0 Å². The summed E-state index contributed by atoms with van der Waals surface area (Å²) in [5, 5.41) is 11.3. The zero-order chi connectivity index (χ0) is 14.9. The zero-order valence-corrected chi connectivity index (χ0v) is 12.3. The van der Waals surface area contributed by atoms with E-state index in [2.05, 4.69) is 51.5 Å². The second-order valence-electron chi connectivity index (χ2n) is 5.78. The Labute approximate surface area is 129 Å². The van der Waals surface area contributed by atoms with Crippen molar-refractivity contribution in [3.05, 3.63) is 54.6 Å². The second-order valence-corrected chi connectivity index (χ2v) is 5.78. The molecule has 1 aromatic heterocycles. The summed E-state index contributed by atoms with van der Waals surface area (Å²) in [5.74, 6) is 0.947. The van der Waals surface area contributed by atoms with E-state index in [1.165, 1.54) is 0 Å². The molecule has 4 heteroatoms. The number of hydrogen-bond acceptors (Lipinski definition) is 4. The van der Waals surface area contributed by atoms with Crippen molar-refractivity contribution in [2.75, 3.05) is 18.0 Å². The van der Waals surface area contributed by atoms with Crippen molar-refractivity contribution >= 4 is 16.6 Å². The Balaban J connectivity index is 1.89. The van der Waals surface area contributed by atoms with E-state index in [1.54, 1.807) is 0 Å². The van der Waals surface area contributed by atoms with Crippen LogP contribution in [0.2, 0.25) is 0 Å². The molecule has 0 aliphatic carbocycles. The molecule has 2 heterocycles. The van der Waals surface area contributed by atoms with Gasteiger partial charge in [-0.3, -0.25) is 0 Å². The predicted molar refractivity (Wildman–Crippen MR) is 89.8 cm³/mol. The van der Waals surface area contributed by atoms with Gasteiger partial charge in [-0.15, -0.1) is 10.2 Å². The van der Waals surface area contributed by atoms with Crippen molar-refractivity contribution in [1.82, 2.24) is 10.2 Å². The Morgan fingerprint density at radius 2 is 1.64 bits per heavy atom. The molecule has 0 amide bonds. The summed E-state index contributed by atoms with van der Waals surface area (Å²) in [6.07, 6.45) is 1.01. The van der Waals surface area contributed by atoms with Crippen molar-refractivity contribution in [2.24, 2.45) is 5.73 Å². The van der Waals surface area contributed by atoms with Crippen molar-refractivity contribution in [3.8, 4) is 11.3 Å². The van der Waals surface area contributed by atoms with Crippen LogP contribution in [0.5, 0.6) is 0 Å². The number of nitrogens with zero attached hydrogens (tertiary/aromatic N) is 3. The third-order valence-corrected chi connectivity index (χ3v) is 4.24. The minimum absolute atomic E-state index is 0.231. The lowest BCUT2D eigenvalue weighted by Crippen LogP contribution is -2.27. The predicted octanol–water partition coefficient (Wildman–Crippen LogP) is 2.83. The second kappa shape index (κ2) is 5.39. The third-order valence-electron chi connectivity index (χ3n) is 4.24. The normalized spacial score (nSPS) is 18.0. The minimum Gasteiger partial charge on any atom is -0.353 e. The highest BCUT2D eigenvalue weighted by atomic mass is 15.3. The van der Waals surface area contributed by atoms with Crippen LogP contribution in [0.25, 0.3) is 22.0 Å². The maximum atomic E-state index is 6.04. The molecule has 3 aromatic rings. The van der Waals surface area contributed by atoms with Gasteiger partial charge in [-0.25, -0.2) is 0 Å². The zero-order valence-electron chi connectivity index (χ0n) is 12.3. The monoisotopic (exact) mass is 290 g/mol. The van der Waals surface area contributed by atoms with Crippen molar-refractivity contribution < 1.29 is 0 Å². The molecule has 0 saturated carbocycles. The fourth-order valence-corrected chi connectivity index (χ4v) is 3.11. The Morgan fingerprint density at radius 1 is 0.909 bits per heavy atom. The number of anilines is 1. The van der Waals surface area contributed by atoms with Gasteiger partial charge in [0.25, 0.3) is 0 Å². The Bertz CT molecular complexity index is 801. The molecule has 0 radical (unpaired) electrons. The maximum absolute atomic E-state index is 6.04. The molecule has 2 aromatic carbocycles. The number of rotatable bonds is 2. The summed E-state index contributed by atoms with van der Waals surface area (Å²) in [6, 6.07) is 18.8. The maximum Gasteiger partial charge on any atom is 0.159 e. The van der Waals surface area contributed by atoms with Crippen LogP contribution in [-0.4, -0.2) is 29.3 Å². The van der Waals surface area contributed by atoms with Gasteiger partial charge >= 0.3 is 0 Å². The van der Waals surface area contributed by atoms with E-state index in [0.717, 1.165) is 47.4 Å². The summed E-state index contributed by atoms with van der Waals surface area (Å²) in [4.78, 5) is 2.24. The summed E-state index contributed by atoms with van der Waals surface area (Å²) in [5.41, 5.74) is 8.06. The highest BCUT2D eigenvalue weighted by molar-refractivity contribution is 6.00. The Hall–Kier alpha value is -2.46. The first-order valence-electron chi connectivity index (χ1n) is 7.64. The fourth-order valence-electron chi connectivity index (χ4n) is 3.11. The molecule has 2 N–H and O–H groups in total. The first-order valence-corrected chi connectivity index (χ1v) is 7.64. The Morgan fingerprint density at radius 3 is 2.36 bits per heavy atom. The lowest BCUT2D eigenvalue weighted by atomic mass is 10.0. The highest BCUT2D eigenvalue weighted by Crippen LogP contribution is 2.32. The van der Waals surface area contributed by atoms with Crippen LogP contribution in [0.4, 0.5) is 5.82 Å². The molecule has 0 spiro atoms. The van der Waals surface area contributed by atoms with Gasteiger partial charge < -0.3 is 10.6 Å². The average Bonchev–Trinajstić information content (AvgIpc) is 3.01. The van der Waals surface area contributed by atoms with E-state index in [-0.39, 0.29) is 6.04 Å². The topological polar surface area (TPSA) is 55.0 Å². The lowest BCUT2D eigenvalue weighted by Gasteiger charge is -2.19. The largest absolute Gasteiger partial charge is 0.353 e. The van der Waals surface area contributed by atoms with Crippen LogP contribution in [0.1, 0.15) is 6.42 Å². The molecule has 0 bridgehead atoms. The lowest BCUT2D eigenvalue weighted by molar-refractivity contribution is 0.751. The average molecular weight is 290 g/mol. The fraction of sp³-hybridized carbons (Fsp3) is 0.222. The van der Waals surface area contributed by atoms with E-state index >= 15 is 0 Å². The van der Waals surface area contributed by atoms with E-state index in [9.17, 15) is 0 Å². The van der Waals surface area contributed by atoms with Crippen LogP contribution >= 0.6 is 0 Å². The highest BCUT2D eigenvalue weighted by Gasteiger charge is 2.23. The van der Waals surface area contributed by atoms with E-state index in [4.69, 9.17) is 5.73 Å². The summed E-state index contributed by atoms with van der Waals surface area (Å²) in [7, 11) is 0. The first-order chi connectivity index (χ1) is 10.8. The number of benzene rings is 2. The van der Waals surface area contributed by atoms with E-state index < -0.39 is 0 Å². The van der Waals surface area contributed by atoms with Crippen molar-refractivity contribution in [1.29, 1.82) is 0 Å². The molecule has 1 atom stereocenters. The van der Waals surface area contributed by atoms with Crippen LogP contribution in [-0.2, 0) is 0 Å². The molecule has 1 aliphatic rings. The molecule has 110 valence electrons. The molecule has 4 rings (SSSR count). The summed E-state index contributed by atoms with van der Waals surface area (Å²) >= 11 is 0. The molecule has 22 heavy (non-hydrogen) atoms. The number of nitrogens with two attached hydrogens (primary N) is 1. The smallest absolute Gasteiger partial charge is 0.159 e. The van der Waals surface area contributed by atoms with Gasteiger partial charge in [0, 0.05) is 35.5 Å². The minimum atomic E-state index is 0.231. The number of hydrogen-bond donors (Lipinski definition) is 1. The molecule has 1 unspecified atom stereocenters. The van der Waals surface area contributed by atoms with Crippen LogP contribution < -0.4 is 10.6 Å². The molecule has 1 fully saturated rings. The van der Waals surface area contributed by atoms with Gasteiger partial charge in [-0.1, -0.05) is 54.6 Å². The van der Waals surface area contributed by atoms with Gasteiger partial charge in [0.05, 0.1) is 0 Å². The quantitative estimate of drug-likeness (QED) is 0.788. The third kappa shape index (κ3) is 2.22. The molecular formula is C18H18N4. The van der Waals surface area contributed by atoms with Crippen LogP contribution in [0.15, 0.2) is 54.6 Å². The Kier molecular flexibility index (Phi) is 3.24. The molecule has 1 saturated heterocycles. The molecule has 1 aliphatic heterocycles. The van der Waals surface area contributed by atoms with Gasteiger partial charge in [0.15, 0.2) is 5.82 Å². The first kappa shape index (κ1) is 13.2. The van der Waals surface area contributed by atoms with Crippen LogP contribution in [0, 0.1) is 0 Å². The van der Waals surface area contributed by atoms with Gasteiger partial charge in [0.1, 0.15) is 5.69 Å². The standard InChI is InChI=1S/C18H18N4/c19-14-10-11-22(12-14)18-16-9-5-4-8-15(16)17(20-21-18)13-6-2-1-3-7-13/h1-9,14H,10-12,19H2. The van der Waals surface area contributed by atoms with Gasteiger partial charge in [0.2, 0.25) is 0 Å². The van der Waals surface area contributed by atoms with Gasteiger partial charge in [-0.2, -0.15) is 0 Å². The molecular weight excluding hydrogens is 272 g/mol. The summed E-state index contributed by atoms with van der Waals surface area (Å²) < 4.78 is 0. The van der Waals surface area contributed by atoms with Gasteiger partial charge in [-0.05, 0) is 6.42 Å². The van der Waals surface area contributed by atoms with E-state index in [0.29, 0.717) is 0 Å². The number of aromatic nitrogens is 2. The molecule has 4 nitrogen and oxygen atoms in total. The van der Waals surface area contributed by atoms with Crippen molar-refractivity contribution in [2.45, 2.75) is 12.5 Å². The summed E-state index contributed by atoms with van der Waals surface area (Å²) in [6.45, 7) is 1.80. The SMILES string of the molecule is NC1CCN(c2nnc(-c3ccccc3)c3ccccc23)C1. The van der Waals surface area contributed by atoms with Crippen molar-refractivity contribution in [3.63, 3.8) is 0 Å². The number of fused-ring (bicyclic) bond motifs is 1. The van der Waals surface area contributed by atoms with E-state index in [1.807, 2.05) is 18.2 Å².